The predicted octanol–water partition coefficient (Wildman–Crippen LogP) is 12.3. The molecule has 0 spiro atoms. The zero-order valence-electron chi connectivity index (χ0n) is 25.6. The van der Waals surface area contributed by atoms with Gasteiger partial charge >= 0.3 is 0 Å². The standard InChI is InChI=1S/C40H28N4O4/c1-5-13-29(14-6-1)41-33-21-23-35(45-33)42(30-15-7-2-8-16-30)37-25-27-39(47-37)44(32-19-11-4-12-20-32)40-28-26-38(48-40)43(31-17-9-3-10-18-31)36-24-22-34(41)46-36/h1-28H. The fourth-order valence-corrected chi connectivity index (χ4v) is 5.99. The molecule has 0 saturated heterocycles. The van der Waals surface area contributed by atoms with E-state index in [0.717, 1.165) is 22.7 Å². The van der Waals surface area contributed by atoms with Gasteiger partial charge in [-0.1, -0.05) is 72.8 Å². The predicted molar refractivity (Wildman–Crippen MR) is 188 cm³/mol. The van der Waals surface area contributed by atoms with Crippen LogP contribution in [-0.4, -0.2) is 0 Å². The molecule has 0 saturated carbocycles. The molecule has 0 fully saturated rings. The van der Waals surface area contributed by atoms with Gasteiger partial charge in [0.1, 0.15) is 0 Å². The summed E-state index contributed by atoms with van der Waals surface area (Å²) in [7, 11) is 0. The Hall–Kier alpha value is -6.80. The highest BCUT2D eigenvalue weighted by Crippen LogP contribution is 2.48. The molecule has 0 atom stereocenters. The summed E-state index contributed by atoms with van der Waals surface area (Å²) in [6, 6.07) is 55.5. The average Bonchev–Trinajstić information content (AvgIpc) is 3.98. The Bertz CT molecular complexity index is 1870. The Morgan fingerprint density at radius 2 is 0.375 bits per heavy atom. The lowest BCUT2D eigenvalue weighted by Gasteiger charge is -2.24. The fourth-order valence-electron chi connectivity index (χ4n) is 5.99. The normalized spacial score (nSPS) is 12.8. The molecule has 4 aromatic heterocycles. The van der Waals surface area contributed by atoms with E-state index in [0.29, 0.717) is 47.1 Å². The van der Waals surface area contributed by atoms with Gasteiger partial charge in [-0.05, 0) is 48.5 Å². The molecule has 8 heteroatoms. The number of fused-ring (bicyclic) bond motifs is 8. The number of benzene rings is 4. The molecule has 232 valence electrons. The van der Waals surface area contributed by atoms with E-state index >= 15 is 0 Å². The lowest BCUT2D eigenvalue weighted by atomic mass is 10.3. The third kappa shape index (κ3) is 4.80. The molecule has 0 N–H and O–H groups in total. The highest BCUT2D eigenvalue weighted by atomic mass is 16.4. The SMILES string of the molecule is c1ccc(N2c3ccc(o3)N(c3ccccc3)c3ccc(o3)N(c3ccccc3)c3ccc(o3)N(c3ccccc3)c3ccc2o3)cc1. The highest BCUT2D eigenvalue weighted by molar-refractivity contribution is 5.80. The molecule has 8 bridgehead atoms. The van der Waals surface area contributed by atoms with Crippen molar-refractivity contribution in [2.75, 3.05) is 19.6 Å². The number of furan rings is 4. The quantitative estimate of drug-likeness (QED) is 0.191. The van der Waals surface area contributed by atoms with Gasteiger partial charge in [0.05, 0.1) is 22.7 Å². The number of hydrogen-bond acceptors (Lipinski definition) is 8. The first-order chi connectivity index (χ1) is 23.8. The monoisotopic (exact) mass is 628 g/mol. The number of para-hydroxylation sites is 4. The topological polar surface area (TPSA) is 65.5 Å². The summed E-state index contributed by atoms with van der Waals surface area (Å²) in [5.41, 5.74) is 3.49. The molecule has 1 aliphatic heterocycles. The minimum absolute atomic E-state index is 0.564. The van der Waals surface area contributed by atoms with Crippen molar-refractivity contribution in [2.24, 2.45) is 0 Å². The van der Waals surface area contributed by atoms with Gasteiger partial charge in [-0.2, -0.15) is 0 Å². The van der Waals surface area contributed by atoms with E-state index in [2.05, 4.69) is 0 Å². The molecule has 1 aliphatic rings. The molecule has 0 aliphatic carbocycles. The van der Waals surface area contributed by atoms with Crippen molar-refractivity contribution < 1.29 is 17.7 Å². The zero-order chi connectivity index (χ0) is 31.9. The van der Waals surface area contributed by atoms with Gasteiger partial charge in [0.15, 0.2) is 0 Å². The first-order valence-electron chi connectivity index (χ1n) is 15.6. The highest BCUT2D eigenvalue weighted by Gasteiger charge is 2.29. The molecule has 8 aromatic rings. The van der Waals surface area contributed by atoms with Crippen LogP contribution in [0.15, 0.2) is 188 Å². The fraction of sp³-hybridized carbons (Fsp3) is 0. The number of rotatable bonds is 4. The van der Waals surface area contributed by atoms with Gasteiger partial charge < -0.3 is 17.7 Å². The summed E-state index contributed by atoms with van der Waals surface area (Å²) in [6.45, 7) is 0. The van der Waals surface area contributed by atoms with Crippen molar-refractivity contribution in [1.82, 2.24) is 0 Å². The summed E-state index contributed by atoms with van der Waals surface area (Å²) in [5.74, 6) is 4.51. The van der Waals surface area contributed by atoms with E-state index in [-0.39, 0.29) is 0 Å². The van der Waals surface area contributed by atoms with Gasteiger partial charge in [0.2, 0.25) is 47.1 Å². The maximum absolute atomic E-state index is 6.69. The molecule has 4 aromatic carbocycles. The largest absolute Gasteiger partial charge is 0.423 e. The second-order valence-electron chi connectivity index (χ2n) is 11.1. The van der Waals surface area contributed by atoms with Crippen LogP contribution < -0.4 is 19.6 Å². The van der Waals surface area contributed by atoms with Crippen LogP contribution in [0.1, 0.15) is 0 Å². The van der Waals surface area contributed by atoms with Crippen LogP contribution in [0.2, 0.25) is 0 Å². The van der Waals surface area contributed by atoms with E-state index < -0.39 is 0 Å². The van der Waals surface area contributed by atoms with E-state index in [4.69, 9.17) is 17.7 Å². The third-order valence-electron chi connectivity index (χ3n) is 8.13. The van der Waals surface area contributed by atoms with Gasteiger partial charge in [0.25, 0.3) is 0 Å². The van der Waals surface area contributed by atoms with Crippen molar-refractivity contribution in [3.05, 3.63) is 170 Å². The summed E-state index contributed by atoms with van der Waals surface area (Å²) >= 11 is 0. The molecule has 9 rings (SSSR count). The van der Waals surface area contributed by atoms with Gasteiger partial charge in [0, 0.05) is 48.5 Å². The Morgan fingerprint density at radius 1 is 0.208 bits per heavy atom. The van der Waals surface area contributed by atoms with Crippen LogP contribution in [0.5, 0.6) is 0 Å². The summed E-state index contributed by atoms with van der Waals surface area (Å²) in [4.78, 5) is 7.79. The maximum atomic E-state index is 6.69. The first-order valence-corrected chi connectivity index (χ1v) is 15.6. The molecule has 0 radical (unpaired) electrons. The first kappa shape index (κ1) is 27.5. The van der Waals surface area contributed by atoms with Crippen molar-refractivity contribution in [2.45, 2.75) is 0 Å². The minimum atomic E-state index is 0.564. The van der Waals surface area contributed by atoms with Crippen molar-refractivity contribution in [1.29, 1.82) is 0 Å². The van der Waals surface area contributed by atoms with Crippen LogP contribution >= 0.6 is 0 Å². The zero-order valence-corrected chi connectivity index (χ0v) is 25.6. The minimum Gasteiger partial charge on any atom is -0.423 e. The van der Waals surface area contributed by atoms with Crippen LogP contribution in [0, 0.1) is 0 Å². The Labute approximate surface area is 276 Å². The molecule has 0 unspecified atom stereocenters. The van der Waals surface area contributed by atoms with E-state index in [1.54, 1.807) is 0 Å². The van der Waals surface area contributed by atoms with Crippen molar-refractivity contribution in [3.63, 3.8) is 0 Å². The lowest BCUT2D eigenvalue weighted by Crippen LogP contribution is -2.11. The number of anilines is 12. The van der Waals surface area contributed by atoms with Gasteiger partial charge in [-0.3, -0.25) is 19.6 Å². The van der Waals surface area contributed by atoms with Crippen LogP contribution in [0.4, 0.5) is 69.8 Å². The molecular formula is C40H28N4O4. The number of hydrogen-bond donors (Lipinski definition) is 0. The average molecular weight is 629 g/mol. The van der Waals surface area contributed by atoms with Gasteiger partial charge in [-0.15, -0.1) is 0 Å². The Morgan fingerprint density at radius 3 is 0.542 bits per heavy atom. The second kappa shape index (κ2) is 11.5. The van der Waals surface area contributed by atoms with E-state index in [9.17, 15) is 0 Å². The second-order valence-corrected chi connectivity index (χ2v) is 11.1. The van der Waals surface area contributed by atoms with Gasteiger partial charge in [-0.25, -0.2) is 0 Å². The number of nitrogens with zero attached hydrogens (tertiary/aromatic N) is 4. The molecular weight excluding hydrogens is 600 g/mol. The van der Waals surface area contributed by atoms with Crippen LogP contribution in [0.25, 0.3) is 0 Å². The third-order valence-corrected chi connectivity index (χ3v) is 8.13. The smallest absolute Gasteiger partial charge is 0.209 e. The molecule has 5 heterocycles. The Kier molecular flexibility index (Phi) is 6.61. The summed E-state index contributed by atoms with van der Waals surface area (Å²) in [6.07, 6.45) is 0. The molecule has 0 amide bonds. The van der Waals surface area contributed by atoms with Crippen molar-refractivity contribution in [3.8, 4) is 0 Å². The van der Waals surface area contributed by atoms with E-state index in [1.807, 2.05) is 189 Å². The van der Waals surface area contributed by atoms with Crippen molar-refractivity contribution >= 4 is 69.8 Å². The summed E-state index contributed by atoms with van der Waals surface area (Å²) < 4.78 is 26.7. The summed E-state index contributed by atoms with van der Waals surface area (Å²) in [5, 5.41) is 0. The Balaban J connectivity index is 1.30. The van der Waals surface area contributed by atoms with E-state index in [1.165, 1.54) is 0 Å². The lowest BCUT2D eigenvalue weighted by molar-refractivity contribution is 0.516. The van der Waals surface area contributed by atoms with Crippen LogP contribution in [0.3, 0.4) is 0 Å². The molecule has 8 nitrogen and oxygen atoms in total. The van der Waals surface area contributed by atoms with Crippen LogP contribution in [-0.2, 0) is 0 Å². The molecule has 48 heavy (non-hydrogen) atoms. The maximum Gasteiger partial charge on any atom is 0.209 e.